The number of hydrogen-bond donors (Lipinski definition) is 1. The van der Waals surface area contributed by atoms with Crippen molar-refractivity contribution in [2.45, 2.75) is 18.7 Å². The van der Waals surface area contributed by atoms with Gasteiger partial charge >= 0.3 is 5.97 Å². The number of nitrogens with one attached hydrogen (secondary N) is 1. The van der Waals surface area contributed by atoms with Crippen LogP contribution in [0.1, 0.15) is 22.8 Å². The molecule has 0 aliphatic heterocycles. The number of esters is 1. The zero-order valence-electron chi connectivity index (χ0n) is 15.3. The lowest BCUT2D eigenvalue weighted by atomic mass is 10.1. The Morgan fingerprint density at radius 1 is 1.28 bits per heavy atom. The fourth-order valence-electron chi connectivity index (χ4n) is 2.88. The van der Waals surface area contributed by atoms with E-state index in [1.165, 1.54) is 18.6 Å². The zero-order chi connectivity index (χ0) is 20.6. The maximum atomic E-state index is 13.1. The van der Waals surface area contributed by atoms with Crippen LogP contribution in [0.4, 0.5) is 5.00 Å². The molecular formula is C18H15N3O5S3. The highest BCUT2D eigenvalue weighted by Gasteiger charge is 2.28. The summed E-state index contributed by atoms with van der Waals surface area (Å²) < 4.78 is 47.2. The molecule has 0 amide bonds. The van der Waals surface area contributed by atoms with Crippen LogP contribution in [0.25, 0.3) is 21.5 Å². The molecule has 0 aliphatic carbocycles. The third kappa shape index (κ3) is 3.52. The maximum Gasteiger partial charge on any atom is 0.341 e. The normalized spacial score (nSPS) is 11.7. The molecule has 0 fully saturated rings. The summed E-state index contributed by atoms with van der Waals surface area (Å²) in [5, 5.41) is 0.178. The van der Waals surface area contributed by atoms with Gasteiger partial charge in [0, 0.05) is 10.4 Å². The molecule has 0 spiro atoms. The van der Waals surface area contributed by atoms with Crippen LogP contribution >= 0.6 is 23.1 Å². The number of nitrogens with zero attached hydrogens (tertiary/aromatic N) is 2. The summed E-state index contributed by atoms with van der Waals surface area (Å²) in [5.74, 6) is -0.595. The monoisotopic (exact) mass is 449 g/mol. The van der Waals surface area contributed by atoms with Gasteiger partial charge in [-0.2, -0.15) is 8.75 Å². The van der Waals surface area contributed by atoms with Crippen LogP contribution in [0.5, 0.6) is 0 Å². The Balaban J connectivity index is 1.83. The lowest BCUT2D eigenvalue weighted by Gasteiger charge is -2.09. The van der Waals surface area contributed by atoms with Crippen LogP contribution < -0.4 is 4.72 Å². The zero-order valence-corrected chi connectivity index (χ0v) is 17.8. The quantitative estimate of drug-likeness (QED) is 0.437. The van der Waals surface area contributed by atoms with E-state index in [9.17, 15) is 13.2 Å². The van der Waals surface area contributed by atoms with Crippen molar-refractivity contribution >= 4 is 55.1 Å². The molecule has 4 rings (SSSR count). The molecule has 29 heavy (non-hydrogen) atoms. The number of anilines is 1. The van der Waals surface area contributed by atoms with E-state index in [4.69, 9.17) is 9.15 Å². The highest BCUT2D eigenvalue weighted by Crippen LogP contribution is 2.41. The SMILES string of the molecule is CCOC(=O)c1c(NS(=O)(=O)c2cccc3nsnc23)sc(-c2ccoc2)c1C. The number of fused-ring (bicyclic) bond motifs is 1. The largest absolute Gasteiger partial charge is 0.472 e. The van der Waals surface area contributed by atoms with Gasteiger partial charge in [0.25, 0.3) is 10.0 Å². The highest BCUT2D eigenvalue weighted by molar-refractivity contribution is 7.93. The lowest BCUT2D eigenvalue weighted by molar-refractivity contribution is 0.0527. The number of rotatable bonds is 6. The smallest absolute Gasteiger partial charge is 0.341 e. The maximum absolute atomic E-state index is 13.1. The van der Waals surface area contributed by atoms with E-state index in [0.29, 0.717) is 16.0 Å². The van der Waals surface area contributed by atoms with Crippen LogP contribution in [-0.2, 0) is 14.8 Å². The number of sulfonamides is 1. The molecule has 1 N–H and O–H groups in total. The first-order valence-electron chi connectivity index (χ1n) is 8.49. The molecule has 4 aromatic rings. The van der Waals surface area contributed by atoms with Crippen molar-refractivity contribution in [3.05, 3.63) is 47.9 Å². The molecule has 150 valence electrons. The van der Waals surface area contributed by atoms with Crippen molar-refractivity contribution in [2.75, 3.05) is 11.3 Å². The van der Waals surface area contributed by atoms with Crippen molar-refractivity contribution in [1.82, 2.24) is 8.75 Å². The Kier molecular flexibility index (Phi) is 5.11. The summed E-state index contributed by atoms with van der Waals surface area (Å²) in [4.78, 5) is 13.3. The second-order valence-corrected chi connectivity index (χ2v) is 9.19. The number of thiophene rings is 1. The van der Waals surface area contributed by atoms with Crippen LogP contribution in [0, 0.1) is 6.92 Å². The topological polar surface area (TPSA) is 111 Å². The van der Waals surface area contributed by atoms with Crippen molar-refractivity contribution in [3.63, 3.8) is 0 Å². The Bertz CT molecular complexity index is 1290. The molecule has 0 saturated heterocycles. The number of ether oxygens (including phenoxy) is 1. The van der Waals surface area contributed by atoms with Crippen LogP contribution in [0.3, 0.4) is 0 Å². The molecular weight excluding hydrogens is 434 g/mol. The van der Waals surface area contributed by atoms with Gasteiger partial charge in [-0.05, 0) is 37.6 Å². The van der Waals surface area contributed by atoms with Crippen molar-refractivity contribution in [3.8, 4) is 10.4 Å². The average molecular weight is 450 g/mol. The molecule has 0 saturated carbocycles. The van der Waals surface area contributed by atoms with Gasteiger partial charge in [-0.15, -0.1) is 11.3 Å². The number of hydrogen-bond acceptors (Lipinski definition) is 9. The van der Waals surface area contributed by atoms with E-state index >= 15 is 0 Å². The number of furan rings is 1. The van der Waals surface area contributed by atoms with Gasteiger partial charge in [-0.3, -0.25) is 4.72 Å². The second kappa shape index (κ2) is 7.58. The van der Waals surface area contributed by atoms with Gasteiger partial charge in [0.05, 0.1) is 36.4 Å². The molecule has 8 nitrogen and oxygen atoms in total. The summed E-state index contributed by atoms with van der Waals surface area (Å²) >= 11 is 2.08. The van der Waals surface area contributed by atoms with Crippen LogP contribution in [-0.4, -0.2) is 29.7 Å². The highest BCUT2D eigenvalue weighted by atomic mass is 32.2. The van der Waals surface area contributed by atoms with E-state index in [-0.39, 0.29) is 27.6 Å². The molecule has 3 aromatic heterocycles. The Hall–Kier alpha value is -2.76. The standard InChI is InChI=1S/C18H15N3O5S3/c1-3-26-18(22)14-10(2)16(11-7-8-25-9-11)27-17(14)21-29(23,24)13-6-4-5-12-15(13)20-28-19-12/h4-9,21H,3H2,1-2H3. The van der Waals surface area contributed by atoms with Crippen molar-refractivity contribution in [2.24, 2.45) is 0 Å². The third-order valence-corrected chi connectivity index (χ3v) is 7.48. The fourth-order valence-corrected chi connectivity index (χ4v) is 6.13. The molecule has 0 radical (unpaired) electrons. The van der Waals surface area contributed by atoms with E-state index in [1.54, 1.807) is 32.0 Å². The minimum absolute atomic E-state index is 0.00512. The summed E-state index contributed by atoms with van der Waals surface area (Å²) in [6.07, 6.45) is 3.05. The minimum atomic E-state index is -4.02. The predicted octanol–water partition coefficient (Wildman–Crippen LogP) is 4.30. The molecule has 0 unspecified atom stereocenters. The second-order valence-electron chi connectivity index (χ2n) is 5.99. The fraction of sp³-hybridized carbons (Fsp3) is 0.167. The van der Waals surface area contributed by atoms with E-state index in [2.05, 4.69) is 13.5 Å². The Labute approximate surface area is 174 Å². The summed E-state index contributed by atoms with van der Waals surface area (Å²) in [5.41, 5.74) is 2.31. The van der Waals surface area contributed by atoms with Gasteiger partial charge in [-0.25, -0.2) is 13.2 Å². The minimum Gasteiger partial charge on any atom is -0.472 e. The van der Waals surface area contributed by atoms with E-state index < -0.39 is 16.0 Å². The molecule has 0 bridgehead atoms. The van der Waals surface area contributed by atoms with Gasteiger partial charge < -0.3 is 9.15 Å². The number of carbonyl (C=O) groups is 1. The summed E-state index contributed by atoms with van der Waals surface area (Å²) in [6, 6.07) is 6.48. The van der Waals surface area contributed by atoms with Crippen LogP contribution in [0.2, 0.25) is 0 Å². The summed E-state index contributed by atoms with van der Waals surface area (Å²) in [6.45, 7) is 3.61. The number of carbonyl (C=O) groups excluding carboxylic acids is 1. The molecule has 11 heteroatoms. The molecule has 0 aliphatic rings. The van der Waals surface area contributed by atoms with Gasteiger partial charge in [0.1, 0.15) is 20.9 Å². The number of benzene rings is 1. The third-order valence-electron chi connectivity index (χ3n) is 4.18. The van der Waals surface area contributed by atoms with Gasteiger partial charge in [0.15, 0.2) is 0 Å². The predicted molar refractivity (Wildman–Crippen MR) is 111 cm³/mol. The average Bonchev–Trinajstić information content (AvgIpc) is 3.41. The molecule has 3 heterocycles. The van der Waals surface area contributed by atoms with E-state index in [1.807, 2.05) is 0 Å². The number of aromatic nitrogens is 2. The van der Waals surface area contributed by atoms with E-state index in [0.717, 1.165) is 28.6 Å². The first-order chi connectivity index (χ1) is 13.9. The Morgan fingerprint density at radius 3 is 2.83 bits per heavy atom. The van der Waals surface area contributed by atoms with Crippen molar-refractivity contribution in [1.29, 1.82) is 0 Å². The first kappa shape index (κ1) is 19.6. The first-order valence-corrected chi connectivity index (χ1v) is 11.5. The lowest BCUT2D eigenvalue weighted by Crippen LogP contribution is -2.16. The molecule has 0 atom stereocenters. The molecule has 1 aromatic carbocycles. The van der Waals surface area contributed by atoms with Gasteiger partial charge in [0.2, 0.25) is 0 Å². The van der Waals surface area contributed by atoms with Gasteiger partial charge in [-0.1, -0.05) is 6.07 Å². The summed E-state index contributed by atoms with van der Waals surface area (Å²) in [7, 11) is -4.02. The Morgan fingerprint density at radius 2 is 2.10 bits per heavy atom. The van der Waals surface area contributed by atoms with Crippen LogP contribution in [0.15, 0.2) is 46.1 Å². The van der Waals surface area contributed by atoms with Crippen molar-refractivity contribution < 1.29 is 22.4 Å².